The van der Waals surface area contributed by atoms with Gasteiger partial charge in [0.05, 0.1) is 18.5 Å². The molecule has 112 valence electrons. The van der Waals surface area contributed by atoms with E-state index in [9.17, 15) is 9.90 Å². The molecule has 2 rings (SSSR count). The molecule has 2 N–H and O–H groups in total. The molecule has 0 radical (unpaired) electrons. The van der Waals surface area contributed by atoms with Gasteiger partial charge in [-0.2, -0.15) is 5.10 Å². The first kappa shape index (κ1) is 14.9. The molecule has 1 aromatic carbocycles. The Morgan fingerprint density at radius 1 is 1.43 bits per heavy atom. The molecule has 0 aliphatic rings. The number of aromatic hydroxyl groups is 1. The minimum absolute atomic E-state index is 0.0229. The number of hydrogen-bond acceptors (Lipinski definition) is 4. The normalized spacial score (nSPS) is 10.6. The van der Waals surface area contributed by atoms with Crippen molar-refractivity contribution in [2.24, 2.45) is 0 Å². The second kappa shape index (κ2) is 6.30. The molecule has 0 fully saturated rings. The average Bonchev–Trinajstić information content (AvgIpc) is 2.82. The minimum Gasteiger partial charge on any atom is -0.508 e. The number of carboxylic acid groups (broad SMARTS) is 1. The number of aromatic nitrogens is 2. The fraction of sp³-hybridized carbons (Fsp3) is 0.333. The van der Waals surface area contributed by atoms with E-state index in [0.717, 1.165) is 11.3 Å². The van der Waals surface area contributed by atoms with Gasteiger partial charge < -0.3 is 14.9 Å². The zero-order valence-electron chi connectivity index (χ0n) is 12.0. The summed E-state index contributed by atoms with van der Waals surface area (Å²) in [6.45, 7) is 1.96. The lowest BCUT2D eigenvalue weighted by atomic mass is 10.1. The molecule has 0 bridgehead atoms. The van der Waals surface area contributed by atoms with Crippen LogP contribution in [0.1, 0.15) is 24.6 Å². The second-order valence-corrected chi connectivity index (χ2v) is 4.61. The Kier molecular flexibility index (Phi) is 4.47. The van der Waals surface area contributed by atoms with Crippen molar-refractivity contribution in [1.29, 1.82) is 0 Å². The van der Waals surface area contributed by atoms with Crippen LogP contribution >= 0.6 is 0 Å². The maximum absolute atomic E-state index is 10.8. The molecule has 1 aromatic heterocycles. The monoisotopic (exact) mass is 290 g/mol. The van der Waals surface area contributed by atoms with Crippen LogP contribution in [0.5, 0.6) is 11.6 Å². The highest BCUT2D eigenvalue weighted by Gasteiger charge is 2.19. The average molecular weight is 290 g/mol. The predicted molar refractivity (Wildman–Crippen MR) is 77.1 cm³/mol. The molecule has 0 aliphatic carbocycles. The maximum Gasteiger partial charge on any atom is 0.303 e. The van der Waals surface area contributed by atoms with Crippen molar-refractivity contribution in [3.63, 3.8) is 0 Å². The molecule has 0 saturated heterocycles. The van der Waals surface area contributed by atoms with Crippen LogP contribution in [-0.2, 0) is 17.6 Å². The maximum atomic E-state index is 10.8. The summed E-state index contributed by atoms with van der Waals surface area (Å²) in [5, 5.41) is 22.9. The van der Waals surface area contributed by atoms with Gasteiger partial charge in [-0.05, 0) is 25.0 Å². The van der Waals surface area contributed by atoms with Crippen molar-refractivity contribution >= 4 is 5.97 Å². The SMILES string of the molecule is CCc1nn(-c2cccc(O)c2)c(OC)c1CCC(=O)O. The van der Waals surface area contributed by atoms with Crippen molar-refractivity contribution in [3.8, 4) is 17.3 Å². The van der Waals surface area contributed by atoms with Gasteiger partial charge in [0, 0.05) is 18.1 Å². The Hall–Kier alpha value is -2.50. The number of phenols is 1. The van der Waals surface area contributed by atoms with Gasteiger partial charge in [0.2, 0.25) is 5.88 Å². The molecule has 0 aliphatic heterocycles. The van der Waals surface area contributed by atoms with Gasteiger partial charge in [0.1, 0.15) is 5.75 Å². The van der Waals surface area contributed by atoms with Crippen molar-refractivity contribution in [3.05, 3.63) is 35.5 Å². The molecule has 0 atom stereocenters. The summed E-state index contributed by atoms with van der Waals surface area (Å²) in [4.78, 5) is 10.8. The number of nitrogens with zero attached hydrogens (tertiary/aromatic N) is 2. The van der Waals surface area contributed by atoms with Crippen LogP contribution in [0.3, 0.4) is 0 Å². The Morgan fingerprint density at radius 3 is 2.76 bits per heavy atom. The van der Waals surface area contributed by atoms with Crippen LogP contribution < -0.4 is 4.74 Å². The van der Waals surface area contributed by atoms with Gasteiger partial charge in [-0.15, -0.1) is 0 Å². The molecule has 6 nitrogen and oxygen atoms in total. The van der Waals surface area contributed by atoms with Crippen molar-refractivity contribution in [2.75, 3.05) is 7.11 Å². The molecule has 21 heavy (non-hydrogen) atoms. The molecule has 0 amide bonds. The number of carboxylic acids is 1. The summed E-state index contributed by atoms with van der Waals surface area (Å²) < 4.78 is 7.00. The molecule has 2 aromatic rings. The van der Waals surface area contributed by atoms with E-state index >= 15 is 0 Å². The second-order valence-electron chi connectivity index (χ2n) is 4.61. The van der Waals surface area contributed by atoms with Crippen LogP contribution in [0.2, 0.25) is 0 Å². The van der Waals surface area contributed by atoms with E-state index in [4.69, 9.17) is 9.84 Å². The van der Waals surface area contributed by atoms with E-state index in [2.05, 4.69) is 5.10 Å². The van der Waals surface area contributed by atoms with E-state index in [1.807, 2.05) is 6.92 Å². The zero-order valence-corrected chi connectivity index (χ0v) is 12.0. The molecule has 0 spiro atoms. The Labute approximate surface area is 122 Å². The summed E-state index contributed by atoms with van der Waals surface area (Å²) in [5.41, 5.74) is 2.27. The van der Waals surface area contributed by atoms with Gasteiger partial charge >= 0.3 is 5.97 Å². The first-order valence-electron chi connectivity index (χ1n) is 6.72. The number of phenolic OH excluding ortho intramolecular Hbond substituents is 1. The van der Waals surface area contributed by atoms with Crippen LogP contribution in [0.4, 0.5) is 0 Å². The minimum atomic E-state index is -0.857. The highest BCUT2D eigenvalue weighted by molar-refractivity contribution is 5.67. The molecule has 6 heteroatoms. The Balaban J connectivity index is 2.49. The number of aryl methyl sites for hydroxylation is 1. The van der Waals surface area contributed by atoms with Gasteiger partial charge in [0.25, 0.3) is 0 Å². The first-order valence-corrected chi connectivity index (χ1v) is 6.72. The largest absolute Gasteiger partial charge is 0.508 e. The smallest absolute Gasteiger partial charge is 0.303 e. The summed E-state index contributed by atoms with van der Waals surface area (Å²) in [5.74, 6) is -0.210. The highest BCUT2D eigenvalue weighted by Crippen LogP contribution is 2.28. The van der Waals surface area contributed by atoms with Crippen LogP contribution in [0.15, 0.2) is 24.3 Å². The Bertz CT molecular complexity index is 649. The summed E-state index contributed by atoms with van der Waals surface area (Å²) in [6, 6.07) is 6.67. The zero-order chi connectivity index (χ0) is 15.4. The van der Waals surface area contributed by atoms with E-state index in [1.165, 1.54) is 7.11 Å². The lowest BCUT2D eigenvalue weighted by Crippen LogP contribution is -2.02. The number of hydrogen-bond donors (Lipinski definition) is 2. The van der Waals surface area contributed by atoms with Crippen molar-refractivity contribution in [1.82, 2.24) is 9.78 Å². The summed E-state index contributed by atoms with van der Waals surface area (Å²) >= 11 is 0. The molecule has 0 unspecified atom stereocenters. The predicted octanol–water partition coefficient (Wildman–Crippen LogP) is 2.17. The summed E-state index contributed by atoms with van der Waals surface area (Å²) in [6.07, 6.45) is 1.06. The third-order valence-electron chi connectivity index (χ3n) is 3.21. The number of carbonyl (C=O) groups is 1. The number of aliphatic carboxylic acids is 1. The Morgan fingerprint density at radius 2 is 2.19 bits per heavy atom. The van der Waals surface area contributed by atoms with Gasteiger partial charge in [-0.25, -0.2) is 4.68 Å². The van der Waals surface area contributed by atoms with Gasteiger partial charge in [-0.3, -0.25) is 4.79 Å². The van der Waals surface area contributed by atoms with Gasteiger partial charge in [-0.1, -0.05) is 13.0 Å². The quantitative estimate of drug-likeness (QED) is 0.851. The van der Waals surface area contributed by atoms with E-state index in [0.29, 0.717) is 24.4 Å². The molecule has 1 heterocycles. The van der Waals surface area contributed by atoms with Crippen LogP contribution in [0.25, 0.3) is 5.69 Å². The molecular weight excluding hydrogens is 272 g/mol. The molecular formula is C15H18N2O4. The first-order chi connectivity index (χ1) is 10.1. The number of benzene rings is 1. The van der Waals surface area contributed by atoms with Crippen LogP contribution in [0, 0.1) is 0 Å². The fourth-order valence-corrected chi connectivity index (χ4v) is 2.25. The molecule has 0 saturated carbocycles. The number of ether oxygens (including phenoxy) is 1. The number of methoxy groups -OCH3 is 1. The topological polar surface area (TPSA) is 84.6 Å². The van der Waals surface area contributed by atoms with Gasteiger partial charge in [0.15, 0.2) is 0 Å². The van der Waals surface area contributed by atoms with E-state index in [1.54, 1.807) is 28.9 Å². The highest BCUT2D eigenvalue weighted by atomic mass is 16.5. The van der Waals surface area contributed by atoms with Crippen molar-refractivity contribution in [2.45, 2.75) is 26.2 Å². The van der Waals surface area contributed by atoms with E-state index < -0.39 is 5.97 Å². The third-order valence-corrected chi connectivity index (χ3v) is 3.21. The standard InChI is InChI=1S/C15H18N2O4/c1-3-13-12(7-8-14(19)20)15(21-2)17(16-13)10-5-4-6-11(18)9-10/h4-6,9,18H,3,7-8H2,1-2H3,(H,19,20). The lowest BCUT2D eigenvalue weighted by Gasteiger charge is -2.08. The number of rotatable bonds is 6. The van der Waals surface area contributed by atoms with Crippen LogP contribution in [-0.4, -0.2) is 33.1 Å². The lowest BCUT2D eigenvalue weighted by molar-refractivity contribution is -0.136. The fourth-order valence-electron chi connectivity index (χ4n) is 2.25. The van der Waals surface area contributed by atoms with Crippen molar-refractivity contribution < 1.29 is 19.7 Å². The summed E-state index contributed by atoms with van der Waals surface area (Å²) in [7, 11) is 1.53. The van der Waals surface area contributed by atoms with E-state index in [-0.39, 0.29) is 12.2 Å². The third kappa shape index (κ3) is 3.16.